The van der Waals surface area contributed by atoms with Crippen LogP contribution in [0, 0.1) is 5.95 Å². The molecule has 1 fully saturated rings. The highest BCUT2D eigenvalue weighted by atomic mass is 32.1. The molecule has 4 heterocycles. The van der Waals surface area contributed by atoms with Gasteiger partial charge in [-0.3, -0.25) is 5.10 Å². The van der Waals surface area contributed by atoms with Crippen molar-refractivity contribution in [3.8, 4) is 27.4 Å². The second-order valence-electron chi connectivity index (χ2n) is 10.0. The van der Waals surface area contributed by atoms with E-state index in [1.807, 2.05) is 0 Å². The van der Waals surface area contributed by atoms with Crippen LogP contribution in [-0.4, -0.2) is 49.4 Å². The molecule has 0 unspecified atom stereocenters. The van der Waals surface area contributed by atoms with Gasteiger partial charge in [0.1, 0.15) is 10.8 Å². The fraction of sp³-hybridized carbons (Fsp3) is 0.435. The van der Waals surface area contributed by atoms with Gasteiger partial charge in [-0.25, -0.2) is 9.97 Å². The molecule has 0 atom stereocenters. The smallest absolute Gasteiger partial charge is 0.216 e. The molecule has 0 radical (unpaired) electrons. The summed E-state index contributed by atoms with van der Waals surface area (Å²) in [6.07, 6.45) is 3.47. The Morgan fingerprint density at radius 2 is 1.76 bits per heavy atom. The summed E-state index contributed by atoms with van der Waals surface area (Å²) in [5.74, 6) is -0.482. The number of thiazole rings is 2. The summed E-state index contributed by atoms with van der Waals surface area (Å²) in [6.45, 7) is 9.01. The van der Waals surface area contributed by atoms with Crippen molar-refractivity contribution in [1.29, 1.82) is 0 Å². The highest BCUT2D eigenvalue weighted by Crippen LogP contribution is 2.41. The maximum absolute atomic E-state index is 13.8. The minimum atomic E-state index is -0.529. The van der Waals surface area contributed by atoms with Crippen LogP contribution < -0.4 is 10.2 Å². The minimum absolute atomic E-state index is 0.0472. The van der Waals surface area contributed by atoms with Gasteiger partial charge in [-0.15, -0.1) is 0 Å². The number of nitrogens with one attached hydrogen (secondary N) is 2. The summed E-state index contributed by atoms with van der Waals surface area (Å²) in [5, 5.41) is 21.9. The predicted octanol–water partition coefficient (Wildman–Crippen LogP) is 5.40. The lowest BCUT2D eigenvalue weighted by Crippen LogP contribution is -2.61. The van der Waals surface area contributed by atoms with Gasteiger partial charge in [0.25, 0.3) is 0 Å². The Morgan fingerprint density at radius 1 is 1.06 bits per heavy atom. The number of H-pyrrole nitrogens is 1. The molecule has 0 bridgehead atoms. The van der Waals surface area contributed by atoms with Gasteiger partial charge >= 0.3 is 0 Å². The van der Waals surface area contributed by atoms with Crippen LogP contribution in [0.2, 0.25) is 0 Å². The maximum Gasteiger partial charge on any atom is 0.216 e. The SMILES string of the molecule is CN(c1nc2sc(-c3ccc(-c4cn[nH]c4F)cc3O)nc2s1)C1CC(C)(C)NC(C)(C)C1. The molecule has 33 heavy (non-hydrogen) atoms. The number of hydrogen-bond donors (Lipinski definition) is 3. The van der Waals surface area contributed by atoms with Gasteiger partial charge in [0.15, 0.2) is 14.8 Å². The summed E-state index contributed by atoms with van der Waals surface area (Å²) in [4.78, 5) is 13.6. The van der Waals surface area contributed by atoms with Gasteiger partial charge in [0, 0.05) is 24.2 Å². The zero-order chi connectivity index (χ0) is 23.5. The number of phenolic OH excluding ortho intramolecular Hbond substituents is 1. The lowest BCUT2D eigenvalue weighted by Gasteiger charge is -2.48. The summed E-state index contributed by atoms with van der Waals surface area (Å²) in [7, 11) is 2.12. The van der Waals surface area contributed by atoms with Gasteiger partial charge in [-0.1, -0.05) is 28.7 Å². The normalized spacial score (nSPS) is 18.1. The molecule has 1 aliphatic heterocycles. The molecule has 5 rings (SSSR count). The van der Waals surface area contributed by atoms with Gasteiger partial charge in [0.05, 0.1) is 17.3 Å². The Bertz CT molecular complexity index is 1280. The van der Waals surface area contributed by atoms with E-state index in [9.17, 15) is 9.50 Å². The van der Waals surface area contributed by atoms with Crippen molar-refractivity contribution in [2.45, 2.75) is 57.7 Å². The van der Waals surface area contributed by atoms with E-state index in [0.29, 0.717) is 27.7 Å². The van der Waals surface area contributed by atoms with Gasteiger partial charge in [-0.2, -0.15) is 9.49 Å². The van der Waals surface area contributed by atoms with Crippen LogP contribution in [-0.2, 0) is 0 Å². The van der Waals surface area contributed by atoms with E-state index >= 15 is 0 Å². The molecule has 1 aliphatic rings. The molecule has 1 aromatic carbocycles. The summed E-state index contributed by atoms with van der Waals surface area (Å²) in [6, 6.07) is 5.43. The Labute approximate surface area is 199 Å². The number of halogens is 1. The lowest BCUT2D eigenvalue weighted by molar-refractivity contribution is 0.161. The third kappa shape index (κ3) is 4.22. The average Bonchev–Trinajstić information content (AvgIpc) is 3.39. The van der Waals surface area contributed by atoms with E-state index in [1.165, 1.54) is 23.6 Å². The van der Waals surface area contributed by atoms with E-state index in [1.54, 1.807) is 23.5 Å². The van der Waals surface area contributed by atoms with Crippen molar-refractivity contribution >= 4 is 37.5 Å². The molecule has 3 N–H and O–H groups in total. The number of piperidine rings is 1. The first-order chi connectivity index (χ1) is 15.5. The lowest BCUT2D eigenvalue weighted by atomic mass is 9.79. The van der Waals surface area contributed by atoms with Crippen molar-refractivity contribution in [2.75, 3.05) is 11.9 Å². The number of aromatic amines is 1. The Morgan fingerprint density at radius 3 is 2.36 bits per heavy atom. The second-order valence-corrected chi connectivity index (χ2v) is 12.0. The number of rotatable bonds is 4. The maximum atomic E-state index is 13.8. The second kappa shape index (κ2) is 7.75. The topological polar surface area (TPSA) is 90.0 Å². The van der Waals surface area contributed by atoms with E-state index in [2.05, 4.69) is 55.2 Å². The number of hydrogen-bond acceptors (Lipinski definition) is 8. The minimum Gasteiger partial charge on any atom is -0.507 e. The molecular weight excluding hydrogens is 459 g/mol. The third-order valence-electron chi connectivity index (χ3n) is 6.11. The third-order valence-corrected chi connectivity index (χ3v) is 8.27. The summed E-state index contributed by atoms with van der Waals surface area (Å²) in [5.41, 5.74) is 1.59. The van der Waals surface area contributed by atoms with Crippen molar-refractivity contribution in [3.05, 3.63) is 30.3 Å². The summed E-state index contributed by atoms with van der Waals surface area (Å²) >= 11 is 3.03. The number of anilines is 1. The largest absolute Gasteiger partial charge is 0.507 e. The highest BCUT2D eigenvalue weighted by molar-refractivity contribution is 7.29. The van der Waals surface area contributed by atoms with Crippen LogP contribution in [0.5, 0.6) is 5.75 Å². The van der Waals surface area contributed by atoms with Crippen LogP contribution in [0.25, 0.3) is 31.4 Å². The number of fused-ring (bicyclic) bond motifs is 1. The van der Waals surface area contributed by atoms with Crippen LogP contribution in [0.4, 0.5) is 9.52 Å². The molecular formula is C23H27FN6OS2. The standard InChI is InChI=1S/C23H27FN6OS2/c1-22(2)9-13(10-23(3,4)29-22)30(5)21-27-20-19(33-21)26-18(32-20)14-7-6-12(8-16(14)31)15-11-25-28-17(15)24/h6-8,11,13,29,31H,9-10H2,1-5H3,(H,25,28). The number of phenols is 1. The van der Waals surface area contributed by atoms with Crippen molar-refractivity contribution in [2.24, 2.45) is 0 Å². The van der Waals surface area contributed by atoms with Crippen LogP contribution in [0.3, 0.4) is 0 Å². The van der Waals surface area contributed by atoms with E-state index in [-0.39, 0.29) is 16.8 Å². The predicted molar refractivity (Wildman–Crippen MR) is 133 cm³/mol. The fourth-order valence-corrected chi connectivity index (χ4v) is 7.05. The molecule has 0 aliphatic carbocycles. The van der Waals surface area contributed by atoms with Gasteiger partial charge < -0.3 is 15.3 Å². The molecule has 4 aromatic rings. The zero-order valence-electron chi connectivity index (χ0n) is 19.2. The first-order valence-corrected chi connectivity index (χ1v) is 12.5. The van der Waals surface area contributed by atoms with E-state index in [4.69, 9.17) is 9.97 Å². The molecule has 0 spiro atoms. The van der Waals surface area contributed by atoms with Crippen LogP contribution >= 0.6 is 22.7 Å². The number of aromatic hydroxyl groups is 1. The van der Waals surface area contributed by atoms with Crippen LogP contribution in [0.1, 0.15) is 40.5 Å². The van der Waals surface area contributed by atoms with E-state index < -0.39 is 5.95 Å². The molecule has 174 valence electrons. The molecule has 10 heteroatoms. The first-order valence-electron chi connectivity index (χ1n) is 10.8. The van der Waals surface area contributed by atoms with Crippen LogP contribution in [0.15, 0.2) is 24.4 Å². The molecule has 3 aromatic heterocycles. The number of nitrogens with zero attached hydrogens (tertiary/aromatic N) is 4. The fourth-order valence-electron chi connectivity index (χ4n) is 4.95. The van der Waals surface area contributed by atoms with Crippen molar-refractivity contribution in [1.82, 2.24) is 25.5 Å². The summed E-state index contributed by atoms with van der Waals surface area (Å²) < 4.78 is 13.8. The molecule has 1 saturated heterocycles. The van der Waals surface area contributed by atoms with Gasteiger partial charge in [0.2, 0.25) is 5.95 Å². The number of aromatic nitrogens is 4. The van der Waals surface area contributed by atoms with Gasteiger partial charge in [-0.05, 0) is 58.2 Å². The zero-order valence-corrected chi connectivity index (χ0v) is 20.9. The Balaban J connectivity index is 1.40. The Kier molecular flexibility index (Phi) is 5.22. The first kappa shape index (κ1) is 22.2. The highest BCUT2D eigenvalue weighted by Gasteiger charge is 2.39. The number of benzene rings is 1. The molecule has 7 nitrogen and oxygen atoms in total. The molecule has 0 saturated carbocycles. The van der Waals surface area contributed by atoms with Crippen molar-refractivity contribution in [3.63, 3.8) is 0 Å². The van der Waals surface area contributed by atoms with E-state index in [0.717, 1.165) is 27.6 Å². The quantitative estimate of drug-likeness (QED) is 0.358. The average molecular weight is 487 g/mol. The monoisotopic (exact) mass is 486 g/mol. The Hall–Kier alpha value is -2.56. The van der Waals surface area contributed by atoms with Crippen molar-refractivity contribution < 1.29 is 9.50 Å². The molecule has 0 amide bonds.